The Morgan fingerprint density at radius 1 is 0.968 bits per heavy atom. The zero-order chi connectivity index (χ0) is 21.2. The van der Waals surface area contributed by atoms with Gasteiger partial charge in [-0.15, -0.1) is 0 Å². The summed E-state index contributed by atoms with van der Waals surface area (Å²) in [6.07, 6.45) is 3.90. The largest absolute Gasteiger partial charge is 0.342 e. The summed E-state index contributed by atoms with van der Waals surface area (Å²) in [5.74, 6) is 0.112. The van der Waals surface area contributed by atoms with E-state index in [1.54, 1.807) is 6.33 Å². The van der Waals surface area contributed by atoms with E-state index < -0.39 is 0 Å². The maximum Gasteiger partial charge on any atom is 0.224 e. The lowest BCUT2D eigenvalue weighted by atomic mass is 9.88. The van der Waals surface area contributed by atoms with Gasteiger partial charge in [0.15, 0.2) is 5.78 Å². The average Bonchev–Trinajstić information content (AvgIpc) is 3.25. The van der Waals surface area contributed by atoms with E-state index in [2.05, 4.69) is 4.98 Å². The molecule has 0 N–H and O–H groups in total. The number of nitrogens with zero attached hydrogens (tertiary/aromatic N) is 3. The van der Waals surface area contributed by atoms with E-state index in [4.69, 9.17) is 0 Å². The molecule has 5 heteroatoms. The molecule has 5 rings (SSSR count). The number of carbonyl (C=O) groups excluding carboxylic acids is 2. The number of piperidine rings is 1. The summed E-state index contributed by atoms with van der Waals surface area (Å²) in [6, 6.07) is 21.8. The van der Waals surface area contributed by atoms with Gasteiger partial charge < -0.3 is 9.47 Å². The molecule has 0 bridgehead atoms. The monoisotopic (exact) mass is 411 g/mol. The van der Waals surface area contributed by atoms with Gasteiger partial charge in [0.05, 0.1) is 17.4 Å². The summed E-state index contributed by atoms with van der Waals surface area (Å²) in [4.78, 5) is 32.5. The number of aromatic nitrogens is 2. The van der Waals surface area contributed by atoms with Crippen molar-refractivity contribution >= 4 is 33.5 Å². The van der Waals surface area contributed by atoms with Crippen molar-refractivity contribution in [2.75, 3.05) is 13.1 Å². The second-order valence-corrected chi connectivity index (χ2v) is 8.25. The number of Topliss-reactive ketones (excluding diaryl/α,β-unsaturated/α-hetero) is 1. The van der Waals surface area contributed by atoms with Crippen molar-refractivity contribution in [2.24, 2.45) is 5.92 Å². The number of hydrogen-bond acceptors (Lipinski definition) is 3. The number of hydrogen-bond donors (Lipinski definition) is 0. The molecule has 1 unspecified atom stereocenters. The topological polar surface area (TPSA) is 55.2 Å². The van der Waals surface area contributed by atoms with Gasteiger partial charge in [0.25, 0.3) is 0 Å². The van der Waals surface area contributed by atoms with E-state index >= 15 is 0 Å². The smallest absolute Gasteiger partial charge is 0.224 e. The summed E-state index contributed by atoms with van der Waals surface area (Å²) in [5.41, 5.74) is 2.74. The van der Waals surface area contributed by atoms with Crippen LogP contribution in [0.25, 0.3) is 21.8 Å². The minimum atomic E-state index is -0.141. The first-order valence-corrected chi connectivity index (χ1v) is 10.9. The van der Waals surface area contributed by atoms with Crippen molar-refractivity contribution in [3.8, 4) is 0 Å². The second-order valence-electron chi connectivity index (χ2n) is 8.25. The fourth-order valence-electron chi connectivity index (χ4n) is 4.64. The first-order chi connectivity index (χ1) is 15.2. The molecule has 3 aromatic carbocycles. The van der Waals surface area contributed by atoms with Gasteiger partial charge in [-0.05, 0) is 35.7 Å². The normalized spacial score (nSPS) is 16.6. The second kappa shape index (κ2) is 8.34. The Bertz CT molecular complexity index is 1250. The van der Waals surface area contributed by atoms with Crippen molar-refractivity contribution in [3.05, 3.63) is 78.6 Å². The standard InChI is InChI=1S/C26H25N3O2/c30-25(14-16-29-18-27-23-12-3-4-13-24(23)29)28-15-6-9-20(17-28)26(31)22-11-5-8-19-7-1-2-10-21(19)22/h1-5,7-8,10-13,18,20H,6,9,14-17H2. The molecule has 0 saturated carbocycles. The third-order valence-corrected chi connectivity index (χ3v) is 6.29. The van der Waals surface area contributed by atoms with Crippen molar-refractivity contribution in [1.29, 1.82) is 0 Å². The third kappa shape index (κ3) is 3.83. The van der Waals surface area contributed by atoms with E-state index in [0.29, 0.717) is 19.5 Å². The van der Waals surface area contributed by atoms with E-state index in [9.17, 15) is 9.59 Å². The minimum absolute atomic E-state index is 0.105. The van der Waals surface area contributed by atoms with Gasteiger partial charge in [-0.2, -0.15) is 0 Å². The number of rotatable bonds is 5. The highest BCUT2D eigenvalue weighted by atomic mass is 16.2. The van der Waals surface area contributed by atoms with Crippen LogP contribution in [0.1, 0.15) is 29.6 Å². The van der Waals surface area contributed by atoms with Crippen LogP contribution in [0, 0.1) is 5.92 Å². The van der Waals surface area contributed by atoms with Crippen LogP contribution in [0.4, 0.5) is 0 Å². The van der Waals surface area contributed by atoms with Crippen molar-refractivity contribution in [2.45, 2.75) is 25.8 Å². The zero-order valence-corrected chi connectivity index (χ0v) is 17.4. The fourth-order valence-corrected chi connectivity index (χ4v) is 4.64. The number of ketones is 1. The summed E-state index contributed by atoms with van der Waals surface area (Å²) in [6.45, 7) is 1.83. The van der Waals surface area contributed by atoms with E-state index in [0.717, 1.165) is 46.8 Å². The summed E-state index contributed by atoms with van der Waals surface area (Å²) in [7, 11) is 0. The molecule has 1 fully saturated rings. The molecule has 0 aliphatic carbocycles. The van der Waals surface area contributed by atoms with Crippen LogP contribution >= 0.6 is 0 Å². The van der Waals surface area contributed by atoms with Crippen LogP contribution in [0.2, 0.25) is 0 Å². The number of aryl methyl sites for hydroxylation is 1. The van der Waals surface area contributed by atoms with Gasteiger partial charge in [0.1, 0.15) is 0 Å². The third-order valence-electron chi connectivity index (χ3n) is 6.29. The molecular weight excluding hydrogens is 386 g/mol. The molecular formula is C26H25N3O2. The maximum atomic E-state index is 13.3. The van der Waals surface area contributed by atoms with Crippen LogP contribution in [-0.4, -0.2) is 39.2 Å². The molecule has 1 aromatic heterocycles. The Morgan fingerprint density at radius 2 is 1.77 bits per heavy atom. The lowest BCUT2D eigenvalue weighted by Gasteiger charge is -2.32. The number of para-hydroxylation sites is 2. The number of fused-ring (bicyclic) bond motifs is 2. The molecule has 2 heterocycles. The Balaban J connectivity index is 1.27. The van der Waals surface area contributed by atoms with Gasteiger partial charge in [0.2, 0.25) is 5.91 Å². The summed E-state index contributed by atoms with van der Waals surface area (Å²) in [5, 5.41) is 2.06. The molecule has 1 atom stereocenters. The molecule has 0 spiro atoms. The van der Waals surface area contributed by atoms with Crippen LogP contribution < -0.4 is 0 Å². The highest BCUT2D eigenvalue weighted by Gasteiger charge is 2.29. The van der Waals surface area contributed by atoms with Crippen LogP contribution in [-0.2, 0) is 11.3 Å². The van der Waals surface area contributed by atoms with Crippen LogP contribution in [0.15, 0.2) is 73.1 Å². The predicted octanol–water partition coefficient (Wildman–Crippen LogP) is 4.70. The van der Waals surface area contributed by atoms with Crippen LogP contribution in [0.3, 0.4) is 0 Å². The molecule has 1 aliphatic heterocycles. The molecule has 5 nitrogen and oxygen atoms in total. The van der Waals surface area contributed by atoms with Gasteiger partial charge in [-0.3, -0.25) is 9.59 Å². The number of carbonyl (C=O) groups is 2. The Kier molecular flexibility index (Phi) is 5.24. The average molecular weight is 412 g/mol. The highest BCUT2D eigenvalue weighted by Crippen LogP contribution is 2.26. The van der Waals surface area contributed by atoms with Crippen molar-refractivity contribution in [3.63, 3.8) is 0 Å². The lowest BCUT2D eigenvalue weighted by molar-refractivity contribution is -0.132. The predicted molar refractivity (Wildman–Crippen MR) is 122 cm³/mol. The summed E-state index contributed by atoms with van der Waals surface area (Å²) >= 11 is 0. The Labute approximate surface area is 181 Å². The highest BCUT2D eigenvalue weighted by molar-refractivity contribution is 6.09. The van der Waals surface area contributed by atoms with Gasteiger partial charge in [-0.25, -0.2) is 4.98 Å². The van der Waals surface area contributed by atoms with Gasteiger partial charge in [0, 0.05) is 37.5 Å². The Hall–Kier alpha value is -3.47. The zero-order valence-electron chi connectivity index (χ0n) is 17.4. The molecule has 0 radical (unpaired) electrons. The number of amides is 1. The van der Waals surface area contributed by atoms with Gasteiger partial charge >= 0.3 is 0 Å². The molecule has 1 saturated heterocycles. The number of likely N-dealkylation sites (tertiary alicyclic amines) is 1. The summed E-state index contributed by atoms with van der Waals surface area (Å²) < 4.78 is 2.02. The van der Waals surface area contributed by atoms with E-state index in [-0.39, 0.29) is 17.6 Å². The van der Waals surface area contributed by atoms with Crippen molar-refractivity contribution in [1.82, 2.24) is 14.5 Å². The molecule has 31 heavy (non-hydrogen) atoms. The first kappa shape index (κ1) is 19.5. The van der Waals surface area contributed by atoms with Crippen LogP contribution in [0.5, 0.6) is 0 Å². The molecule has 4 aromatic rings. The van der Waals surface area contributed by atoms with E-state index in [1.165, 1.54) is 0 Å². The quantitative estimate of drug-likeness (QED) is 0.447. The lowest BCUT2D eigenvalue weighted by Crippen LogP contribution is -2.42. The molecule has 156 valence electrons. The van der Waals surface area contributed by atoms with Crippen molar-refractivity contribution < 1.29 is 9.59 Å². The number of imidazole rings is 1. The van der Waals surface area contributed by atoms with E-state index in [1.807, 2.05) is 76.2 Å². The maximum absolute atomic E-state index is 13.3. The Morgan fingerprint density at radius 3 is 2.71 bits per heavy atom. The SMILES string of the molecule is O=C(c1cccc2ccccc12)C1CCCN(C(=O)CCn2cnc3ccccc32)C1. The van der Waals surface area contributed by atoms with Gasteiger partial charge in [-0.1, -0.05) is 54.6 Å². The fraction of sp³-hybridized carbons (Fsp3) is 0.269. The minimum Gasteiger partial charge on any atom is -0.342 e. The molecule has 1 aliphatic rings. The first-order valence-electron chi connectivity index (χ1n) is 10.9. The molecule has 1 amide bonds. The number of benzene rings is 3.